The maximum Gasteiger partial charge on any atom is 0.219 e. The SMILES string of the molecule is COCCO[C@@H]1CCN(C(C)=O)[C@H]1Cc1ccccc1. The van der Waals surface area contributed by atoms with Gasteiger partial charge in [0.05, 0.1) is 25.4 Å². The van der Waals surface area contributed by atoms with Crippen LogP contribution in [-0.2, 0) is 20.7 Å². The molecule has 1 aromatic rings. The second-order valence-corrected chi connectivity index (χ2v) is 5.16. The Bertz CT molecular complexity index is 421. The number of benzene rings is 1. The topological polar surface area (TPSA) is 38.8 Å². The first-order chi connectivity index (χ1) is 9.72. The number of hydrogen-bond donors (Lipinski definition) is 0. The van der Waals surface area contributed by atoms with Gasteiger partial charge in [0.15, 0.2) is 0 Å². The van der Waals surface area contributed by atoms with Crippen LogP contribution < -0.4 is 0 Å². The molecule has 0 radical (unpaired) electrons. The first kappa shape index (κ1) is 15.0. The van der Waals surface area contributed by atoms with E-state index in [4.69, 9.17) is 9.47 Å². The molecule has 110 valence electrons. The molecule has 1 heterocycles. The molecule has 1 saturated heterocycles. The Kier molecular flexibility index (Phi) is 5.56. The minimum Gasteiger partial charge on any atom is -0.382 e. The quantitative estimate of drug-likeness (QED) is 0.745. The van der Waals surface area contributed by atoms with Crippen LogP contribution in [0, 0.1) is 0 Å². The third kappa shape index (κ3) is 3.81. The van der Waals surface area contributed by atoms with Gasteiger partial charge in [-0.3, -0.25) is 4.79 Å². The van der Waals surface area contributed by atoms with Gasteiger partial charge in [0, 0.05) is 20.6 Å². The van der Waals surface area contributed by atoms with Gasteiger partial charge in [-0.1, -0.05) is 30.3 Å². The number of hydrogen-bond acceptors (Lipinski definition) is 3. The van der Waals surface area contributed by atoms with Crippen LogP contribution in [0.15, 0.2) is 30.3 Å². The average molecular weight is 277 g/mol. The highest BCUT2D eigenvalue weighted by Gasteiger charge is 2.36. The molecule has 1 aliphatic heterocycles. The lowest BCUT2D eigenvalue weighted by atomic mass is 10.0. The summed E-state index contributed by atoms with van der Waals surface area (Å²) in [5.74, 6) is 0.128. The van der Waals surface area contributed by atoms with Crippen molar-refractivity contribution >= 4 is 5.91 Å². The van der Waals surface area contributed by atoms with Gasteiger partial charge >= 0.3 is 0 Å². The van der Waals surface area contributed by atoms with Crippen LogP contribution in [0.1, 0.15) is 18.9 Å². The van der Waals surface area contributed by atoms with Crippen molar-refractivity contribution in [3.8, 4) is 0 Å². The Morgan fingerprint density at radius 2 is 2.05 bits per heavy atom. The van der Waals surface area contributed by atoms with E-state index in [2.05, 4.69) is 12.1 Å². The zero-order chi connectivity index (χ0) is 14.4. The standard InChI is InChI=1S/C16H23NO3/c1-13(18)17-9-8-16(20-11-10-19-2)15(17)12-14-6-4-3-5-7-14/h3-7,15-16H,8-12H2,1-2H3/t15-,16+/m0/s1. The van der Waals surface area contributed by atoms with Gasteiger partial charge in [0.2, 0.25) is 5.91 Å². The van der Waals surface area contributed by atoms with E-state index in [1.54, 1.807) is 14.0 Å². The number of ether oxygens (including phenoxy) is 2. The predicted octanol–water partition coefficient (Wildman–Crippen LogP) is 1.88. The van der Waals surface area contributed by atoms with Gasteiger partial charge in [-0.25, -0.2) is 0 Å². The van der Waals surface area contributed by atoms with E-state index in [1.165, 1.54) is 5.56 Å². The molecule has 4 heteroatoms. The second kappa shape index (κ2) is 7.41. The molecule has 1 aromatic carbocycles. The summed E-state index contributed by atoms with van der Waals surface area (Å²) in [7, 11) is 1.67. The van der Waals surface area contributed by atoms with E-state index in [0.717, 1.165) is 19.4 Å². The number of likely N-dealkylation sites (tertiary alicyclic amines) is 1. The first-order valence-electron chi connectivity index (χ1n) is 7.14. The van der Waals surface area contributed by atoms with E-state index < -0.39 is 0 Å². The highest BCUT2D eigenvalue weighted by molar-refractivity contribution is 5.74. The highest BCUT2D eigenvalue weighted by atomic mass is 16.5. The number of amides is 1. The van der Waals surface area contributed by atoms with Crippen LogP contribution in [0.4, 0.5) is 0 Å². The van der Waals surface area contributed by atoms with Crippen LogP contribution >= 0.6 is 0 Å². The monoisotopic (exact) mass is 277 g/mol. The Balaban J connectivity index is 2.02. The molecule has 0 aromatic heterocycles. The van der Waals surface area contributed by atoms with Gasteiger partial charge in [-0.15, -0.1) is 0 Å². The molecule has 20 heavy (non-hydrogen) atoms. The summed E-state index contributed by atoms with van der Waals surface area (Å²) < 4.78 is 10.9. The van der Waals surface area contributed by atoms with E-state index in [0.29, 0.717) is 13.2 Å². The molecule has 1 amide bonds. The minimum absolute atomic E-state index is 0.106. The fourth-order valence-electron chi connectivity index (χ4n) is 2.79. The van der Waals surface area contributed by atoms with Gasteiger partial charge in [0.1, 0.15) is 0 Å². The Morgan fingerprint density at radius 1 is 1.30 bits per heavy atom. The summed E-state index contributed by atoms with van der Waals surface area (Å²) in [6.45, 7) is 3.59. The van der Waals surface area contributed by atoms with Gasteiger partial charge < -0.3 is 14.4 Å². The van der Waals surface area contributed by atoms with Crippen LogP contribution in [-0.4, -0.2) is 49.8 Å². The summed E-state index contributed by atoms with van der Waals surface area (Å²) in [5, 5.41) is 0. The van der Waals surface area contributed by atoms with E-state index in [-0.39, 0.29) is 18.1 Å². The predicted molar refractivity (Wildman–Crippen MR) is 77.6 cm³/mol. The molecule has 0 N–H and O–H groups in total. The van der Waals surface area contributed by atoms with Gasteiger partial charge in [0.25, 0.3) is 0 Å². The summed E-state index contributed by atoms with van der Waals surface area (Å²) in [6, 6.07) is 10.4. The summed E-state index contributed by atoms with van der Waals surface area (Å²) in [6.07, 6.45) is 1.85. The largest absolute Gasteiger partial charge is 0.382 e. The molecule has 2 rings (SSSR count). The van der Waals surface area contributed by atoms with Crippen LogP contribution in [0.2, 0.25) is 0 Å². The number of carbonyl (C=O) groups excluding carboxylic acids is 1. The number of nitrogens with zero attached hydrogens (tertiary/aromatic N) is 1. The minimum atomic E-state index is 0.106. The lowest BCUT2D eigenvalue weighted by Crippen LogP contribution is -2.41. The number of rotatable bonds is 6. The molecule has 1 fully saturated rings. The maximum atomic E-state index is 11.8. The van der Waals surface area contributed by atoms with Crippen molar-refractivity contribution in [2.24, 2.45) is 0 Å². The van der Waals surface area contributed by atoms with Crippen molar-refractivity contribution < 1.29 is 14.3 Å². The van der Waals surface area contributed by atoms with Crippen LogP contribution in [0.5, 0.6) is 0 Å². The fourth-order valence-corrected chi connectivity index (χ4v) is 2.79. The number of methoxy groups -OCH3 is 1. The number of carbonyl (C=O) groups is 1. The van der Waals surface area contributed by atoms with Crippen molar-refractivity contribution in [2.45, 2.75) is 31.9 Å². The molecule has 0 unspecified atom stereocenters. The van der Waals surface area contributed by atoms with Crippen molar-refractivity contribution in [1.82, 2.24) is 4.90 Å². The maximum absolute atomic E-state index is 11.8. The van der Waals surface area contributed by atoms with Crippen LogP contribution in [0.25, 0.3) is 0 Å². The molecule has 0 spiro atoms. The Labute approximate surface area is 120 Å². The molecule has 4 nitrogen and oxygen atoms in total. The van der Waals surface area contributed by atoms with Gasteiger partial charge in [-0.2, -0.15) is 0 Å². The first-order valence-corrected chi connectivity index (χ1v) is 7.14. The normalized spacial score (nSPS) is 22.2. The summed E-state index contributed by atoms with van der Waals surface area (Å²) >= 11 is 0. The Hall–Kier alpha value is -1.39. The van der Waals surface area contributed by atoms with Crippen molar-refractivity contribution in [3.63, 3.8) is 0 Å². The van der Waals surface area contributed by atoms with Crippen molar-refractivity contribution in [2.75, 3.05) is 26.9 Å². The van der Waals surface area contributed by atoms with Crippen molar-refractivity contribution in [3.05, 3.63) is 35.9 Å². The zero-order valence-corrected chi connectivity index (χ0v) is 12.2. The smallest absolute Gasteiger partial charge is 0.219 e. The molecule has 0 bridgehead atoms. The second-order valence-electron chi connectivity index (χ2n) is 5.16. The molecule has 0 aliphatic carbocycles. The van der Waals surface area contributed by atoms with E-state index >= 15 is 0 Å². The third-order valence-corrected chi connectivity index (χ3v) is 3.80. The molecular weight excluding hydrogens is 254 g/mol. The third-order valence-electron chi connectivity index (χ3n) is 3.80. The average Bonchev–Trinajstić information content (AvgIpc) is 2.84. The molecule has 2 atom stereocenters. The zero-order valence-electron chi connectivity index (χ0n) is 12.2. The molecule has 0 saturated carbocycles. The van der Waals surface area contributed by atoms with Crippen molar-refractivity contribution in [1.29, 1.82) is 0 Å². The molecule has 1 aliphatic rings. The lowest BCUT2D eigenvalue weighted by molar-refractivity contribution is -0.131. The summed E-state index contributed by atoms with van der Waals surface area (Å²) in [4.78, 5) is 13.7. The fraction of sp³-hybridized carbons (Fsp3) is 0.562. The van der Waals surface area contributed by atoms with E-state index in [9.17, 15) is 4.79 Å². The lowest BCUT2D eigenvalue weighted by Gasteiger charge is -2.27. The van der Waals surface area contributed by atoms with E-state index in [1.807, 2.05) is 23.1 Å². The summed E-state index contributed by atoms with van der Waals surface area (Å²) in [5.41, 5.74) is 1.24. The van der Waals surface area contributed by atoms with Gasteiger partial charge in [-0.05, 0) is 18.4 Å². The molecular formula is C16H23NO3. The Morgan fingerprint density at radius 3 is 2.70 bits per heavy atom. The highest BCUT2D eigenvalue weighted by Crippen LogP contribution is 2.24. The van der Waals surface area contributed by atoms with Crippen LogP contribution in [0.3, 0.4) is 0 Å².